The van der Waals surface area contributed by atoms with E-state index in [4.69, 9.17) is 28.5 Å². The van der Waals surface area contributed by atoms with E-state index >= 15 is 0 Å². The zero-order valence-electron chi connectivity index (χ0n) is 58.9. The van der Waals surface area contributed by atoms with E-state index < -0.39 is 6.17 Å². The number of rotatable bonds is 10. The van der Waals surface area contributed by atoms with Crippen LogP contribution in [0.2, 0.25) is 0 Å². The molecule has 4 aliphatic rings. The number of fused-ring (bicyclic) bond motifs is 10. The summed E-state index contributed by atoms with van der Waals surface area (Å²) < 4.78 is 21.9. The van der Waals surface area contributed by atoms with Crippen molar-refractivity contribution in [2.24, 2.45) is 9.98 Å². The first-order chi connectivity index (χ1) is 54.0. The van der Waals surface area contributed by atoms with Gasteiger partial charge in [0, 0.05) is 91.2 Å². The zero-order chi connectivity index (χ0) is 71.4. The largest absolute Gasteiger partial charge is 0.485 e. The third kappa shape index (κ3) is 9.61. The van der Waals surface area contributed by atoms with Crippen LogP contribution < -0.4 is 25.0 Å². The lowest BCUT2D eigenvalue weighted by molar-refractivity contribution is 0.269. The van der Waals surface area contributed by atoms with E-state index in [2.05, 4.69) is 338 Å². The smallest absolute Gasteiger partial charge is 0.159 e. The minimum atomic E-state index is -0.413. The van der Waals surface area contributed by atoms with Gasteiger partial charge in [0.15, 0.2) is 11.7 Å². The predicted molar refractivity (Wildman–Crippen MR) is 452 cm³/mol. The van der Waals surface area contributed by atoms with Gasteiger partial charge in [0.1, 0.15) is 34.9 Å². The number of anilines is 2. The van der Waals surface area contributed by atoms with Crippen molar-refractivity contribution >= 4 is 134 Å². The Kier molecular flexibility index (Phi) is 13.6. The summed E-state index contributed by atoms with van der Waals surface area (Å²) in [5.74, 6) is 1.14. The molecule has 19 aromatic rings. The van der Waals surface area contributed by atoms with E-state index in [0.717, 1.165) is 149 Å². The van der Waals surface area contributed by atoms with Gasteiger partial charge in [-0.15, -0.1) is 0 Å². The van der Waals surface area contributed by atoms with Crippen molar-refractivity contribution in [1.29, 1.82) is 0 Å². The van der Waals surface area contributed by atoms with Crippen LogP contribution in [0.25, 0.3) is 188 Å². The molecule has 6 heterocycles. The second kappa shape index (κ2) is 24.2. The maximum absolute atomic E-state index is 7.76. The van der Waals surface area contributed by atoms with Gasteiger partial charge in [-0.25, -0.2) is 9.98 Å². The summed E-state index contributed by atoms with van der Waals surface area (Å²) in [5, 5.41) is 17.9. The average molecular weight is 1390 g/mol. The van der Waals surface area contributed by atoms with Crippen LogP contribution in [-0.2, 0) is 0 Å². The van der Waals surface area contributed by atoms with Gasteiger partial charge in [0.05, 0.1) is 17.7 Å². The van der Waals surface area contributed by atoms with Gasteiger partial charge in [-0.05, 0) is 175 Å². The molecule has 23 rings (SSSR count). The van der Waals surface area contributed by atoms with Gasteiger partial charge in [-0.2, -0.15) is 0 Å². The monoisotopic (exact) mass is 1390 g/mol. The summed E-state index contributed by atoms with van der Waals surface area (Å²) in [7, 11) is 0. The maximum Gasteiger partial charge on any atom is 0.159 e. The van der Waals surface area contributed by atoms with Crippen molar-refractivity contribution in [2.75, 3.05) is 16.3 Å². The second-order valence-electron chi connectivity index (χ2n) is 29.1. The minimum absolute atomic E-state index is 0.0176. The average Bonchev–Trinajstić information content (AvgIpc) is 1.52. The van der Waals surface area contributed by atoms with Gasteiger partial charge >= 0.3 is 0 Å². The Labute approximate surface area is 626 Å². The van der Waals surface area contributed by atoms with E-state index in [1.807, 2.05) is 18.6 Å². The number of allylic oxidation sites excluding steroid dienone is 2. The van der Waals surface area contributed by atoms with Gasteiger partial charge in [-0.3, -0.25) is 4.98 Å². The van der Waals surface area contributed by atoms with Crippen LogP contribution in [0.5, 0.6) is 5.75 Å². The quantitative estimate of drug-likeness (QED) is 0.127. The summed E-state index contributed by atoms with van der Waals surface area (Å²) in [6.07, 6.45) is 18.5. The van der Waals surface area contributed by atoms with Crippen molar-refractivity contribution in [2.45, 2.75) is 18.2 Å². The maximum atomic E-state index is 7.76. The fourth-order valence-corrected chi connectivity index (χ4v) is 18.1. The summed E-state index contributed by atoms with van der Waals surface area (Å²) in [6, 6.07) is 108. The molecule has 3 aliphatic heterocycles. The highest BCUT2D eigenvalue weighted by atomic mass is 16.5. The normalized spacial score (nSPS) is 15.8. The highest BCUT2D eigenvalue weighted by molar-refractivity contribution is 6.39. The fourth-order valence-electron chi connectivity index (χ4n) is 18.1. The highest BCUT2D eigenvalue weighted by Gasteiger charge is 2.34. The SMILES string of the molecule is C1=CC2Oc3ccc(-c4cccc5c6c(ccc45)=CCN(c4cc5oc7c(-c8ccc(-c9cccc(-c%10c%11ccccc%11cc%11ccccc%10%11)c9)cc8)ccc8c9ccc(-c%10ccc(-c%11ccccc%11-c%11ccccc%11)nc%10)c%10oc%11c(N%12C=NC=NC%12c%12ccccc%12)ccc(c(c4)c5c78)c%11c%109)C=6)cc3C2C=C1. The van der Waals surface area contributed by atoms with Crippen molar-refractivity contribution < 1.29 is 13.6 Å². The second-order valence-corrected chi connectivity index (χ2v) is 29.1. The van der Waals surface area contributed by atoms with Gasteiger partial charge in [0.25, 0.3) is 0 Å². The molecule has 0 bridgehead atoms. The van der Waals surface area contributed by atoms with Crippen LogP contribution in [0.15, 0.2) is 347 Å². The van der Waals surface area contributed by atoms with Gasteiger partial charge < -0.3 is 23.4 Å². The molecule has 3 atom stereocenters. The van der Waals surface area contributed by atoms with Crippen molar-refractivity contribution in [3.8, 4) is 83.8 Å². The van der Waals surface area contributed by atoms with Crippen LogP contribution in [0.4, 0.5) is 11.4 Å². The summed E-state index contributed by atoms with van der Waals surface area (Å²) in [5.41, 5.74) is 22.3. The molecule has 0 spiro atoms. The van der Waals surface area contributed by atoms with Crippen molar-refractivity contribution in [1.82, 2.24) is 4.98 Å². The Hall–Kier alpha value is -14.2. The van der Waals surface area contributed by atoms with Crippen molar-refractivity contribution in [3.63, 3.8) is 0 Å². The Balaban J connectivity index is 0.740. The molecule has 0 saturated heterocycles. The van der Waals surface area contributed by atoms with Gasteiger partial charge in [0.2, 0.25) is 0 Å². The molecule has 8 heteroatoms. The molecule has 0 N–H and O–H groups in total. The molecular formula is C101H63N5O3. The Bertz CT molecular complexity index is 7260. The first-order valence-corrected chi connectivity index (χ1v) is 37.4. The topological polar surface area (TPSA) is 79.6 Å². The number of hydrogen-bond donors (Lipinski definition) is 0. The number of benzene rings is 15. The number of aromatic nitrogens is 1. The van der Waals surface area contributed by atoms with E-state index in [-0.39, 0.29) is 12.0 Å². The summed E-state index contributed by atoms with van der Waals surface area (Å²) >= 11 is 0. The van der Waals surface area contributed by atoms with E-state index in [1.54, 1.807) is 6.34 Å². The van der Waals surface area contributed by atoms with E-state index in [0.29, 0.717) is 6.54 Å². The van der Waals surface area contributed by atoms with E-state index in [9.17, 15) is 0 Å². The number of pyridine rings is 1. The third-order valence-corrected chi connectivity index (χ3v) is 23.2. The lowest BCUT2D eigenvalue weighted by Gasteiger charge is -2.29. The predicted octanol–water partition coefficient (Wildman–Crippen LogP) is 24.3. The Morgan fingerprint density at radius 2 is 1.05 bits per heavy atom. The molecule has 1 aliphatic carbocycles. The fraction of sp³-hybridized carbons (Fsp3) is 0.0396. The molecule has 0 radical (unpaired) electrons. The third-order valence-electron chi connectivity index (χ3n) is 23.2. The molecule has 0 amide bonds. The zero-order valence-corrected chi connectivity index (χ0v) is 58.9. The lowest BCUT2D eigenvalue weighted by atomic mass is 9.89. The van der Waals surface area contributed by atoms with Crippen molar-refractivity contribution in [3.05, 3.63) is 349 Å². The summed E-state index contributed by atoms with van der Waals surface area (Å²) in [6.45, 7) is 0.639. The van der Waals surface area contributed by atoms with Gasteiger partial charge in [-0.1, -0.05) is 261 Å². The molecule has 109 heavy (non-hydrogen) atoms. The highest BCUT2D eigenvalue weighted by Crippen LogP contribution is 2.53. The Morgan fingerprint density at radius 1 is 0.404 bits per heavy atom. The van der Waals surface area contributed by atoms with Crippen LogP contribution in [0.1, 0.15) is 23.2 Å². The molecular weight excluding hydrogens is 1330 g/mol. The number of hydrogen-bond acceptors (Lipinski definition) is 8. The molecule has 0 saturated carbocycles. The number of furan rings is 2. The molecule has 3 aromatic heterocycles. The van der Waals surface area contributed by atoms with E-state index in [1.165, 1.54) is 65.4 Å². The minimum Gasteiger partial charge on any atom is -0.485 e. The molecule has 16 aromatic carbocycles. The number of aliphatic imine (C=N–C) groups is 2. The first-order valence-electron chi connectivity index (χ1n) is 37.4. The summed E-state index contributed by atoms with van der Waals surface area (Å²) in [4.78, 5) is 19.6. The first kappa shape index (κ1) is 61.1. The van der Waals surface area contributed by atoms with Crippen LogP contribution in [0.3, 0.4) is 0 Å². The molecule has 510 valence electrons. The van der Waals surface area contributed by atoms with Crippen LogP contribution in [0, 0.1) is 0 Å². The lowest BCUT2D eigenvalue weighted by Crippen LogP contribution is -2.36. The molecule has 3 unspecified atom stereocenters. The van der Waals surface area contributed by atoms with Crippen LogP contribution >= 0.6 is 0 Å². The Morgan fingerprint density at radius 3 is 1.87 bits per heavy atom. The number of ether oxygens (including phenoxy) is 1. The number of nitrogens with zero attached hydrogens (tertiary/aromatic N) is 5. The molecule has 0 fully saturated rings. The standard InChI is InChI=1S/C101H63N5O3/c1-3-17-61(18-4-1)72-25-11-12-28-80(72)88-46-38-70(56-103-88)77-42-44-83-82-43-41-76(62-35-33-60(34-36-62)65-23-15-24-69(51-65)93-74-26-9-7-21-66(74)52-67-22-8-10-27-75(67)93)98-95(82)94-86(84-45-47-89(100-97(84)96(83)99(77)109-100)106-59-102-58-104-101(106)64-19-5-2-6-20-64)54-71(55-92(94)108-98)105-50-49-63-37-40-79-73(30-16-31-78(79)87(63)57-105)68-39-48-91-85(53-68)81-29-13-14-32-90(81)107-91/h1-49,51-59,81,90,101H,50H2. The van der Waals surface area contributed by atoms with Crippen LogP contribution in [-0.4, -0.2) is 30.3 Å². The molecule has 8 nitrogen and oxygen atoms in total.